The van der Waals surface area contributed by atoms with Crippen LogP contribution in [0, 0.1) is 0 Å². The van der Waals surface area contributed by atoms with Crippen LogP contribution in [0.3, 0.4) is 0 Å². The second-order valence-electron chi connectivity index (χ2n) is 7.83. The van der Waals surface area contributed by atoms with Gasteiger partial charge < -0.3 is 5.32 Å². The van der Waals surface area contributed by atoms with E-state index < -0.39 is 6.04 Å². The summed E-state index contributed by atoms with van der Waals surface area (Å²) in [6, 6.07) is 25.4. The molecule has 5 rings (SSSR count). The van der Waals surface area contributed by atoms with Crippen molar-refractivity contribution < 1.29 is 4.79 Å². The molecule has 1 aliphatic rings. The van der Waals surface area contributed by atoms with Crippen molar-refractivity contribution in [2.75, 3.05) is 5.32 Å². The first-order valence-electron chi connectivity index (χ1n) is 10.7. The topological polar surface area (TPSA) is 63.5 Å². The summed E-state index contributed by atoms with van der Waals surface area (Å²) in [4.78, 5) is 32.3. The van der Waals surface area contributed by atoms with E-state index in [4.69, 9.17) is 11.6 Å². The number of para-hydroxylation sites is 1. The number of amides is 1. The highest BCUT2D eigenvalue weighted by atomic mass is 35.5. The number of allylic oxidation sites excluding steroid dienone is 1. The molecule has 0 spiro atoms. The largest absolute Gasteiger partial charge is 0.322 e. The zero-order valence-corrected chi connectivity index (χ0v) is 19.8. The zero-order valence-electron chi connectivity index (χ0n) is 18.2. The molecule has 34 heavy (non-hydrogen) atoms. The Bertz CT molecular complexity index is 1590. The van der Waals surface area contributed by atoms with E-state index in [2.05, 4.69) is 10.3 Å². The number of hydrogen-bond donors (Lipinski definition) is 1. The number of carbonyl (C=O) groups excluding carboxylic acids is 1. The molecule has 0 saturated carbocycles. The summed E-state index contributed by atoms with van der Waals surface area (Å²) in [6.07, 6.45) is 1.84. The number of anilines is 1. The highest BCUT2D eigenvalue weighted by Gasteiger charge is 2.33. The van der Waals surface area contributed by atoms with Gasteiger partial charge in [0.2, 0.25) is 0 Å². The Labute approximate surface area is 205 Å². The molecular weight excluding hydrogens is 466 g/mol. The van der Waals surface area contributed by atoms with Gasteiger partial charge in [-0.1, -0.05) is 89.7 Å². The highest BCUT2D eigenvalue weighted by Crippen LogP contribution is 2.34. The molecule has 1 aromatic heterocycles. The smallest absolute Gasteiger partial charge is 0.271 e. The van der Waals surface area contributed by atoms with Gasteiger partial charge in [-0.05, 0) is 42.3 Å². The lowest BCUT2D eigenvalue weighted by atomic mass is 9.95. The van der Waals surface area contributed by atoms with Gasteiger partial charge in [0, 0.05) is 10.7 Å². The van der Waals surface area contributed by atoms with Crippen LogP contribution in [-0.4, -0.2) is 10.5 Å². The third kappa shape index (κ3) is 4.14. The second kappa shape index (κ2) is 9.25. The van der Waals surface area contributed by atoms with Crippen LogP contribution in [0.15, 0.2) is 106 Å². The summed E-state index contributed by atoms with van der Waals surface area (Å²) in [5.41, 5.74) is 2.97. The van der Waals surface area contributed by atoms with Crippen LogP contribution in [0.2, 0.25) is 5.02 Å². The molecule has 0 saturated heterocycles. The molecule has 168 valence electrons. The van der Waals surface area contributed by atoms with E-state index in [9.17, 15) is 9.59 Å². The second-order valence-corrected chi connectivity index (χ2v) is 9.25. The van der Waals surface area contributed by atoms with Gasteiger partial charge in [0.05, 0.1) is 21.8 Å². The van der Waals surface area contributed by atoms with Gasteiger partial charge in [-0.15, -0.1) is 0 Å². The van der Waals surface area contributed by atoms with Crippen molar-refractivity contribution in [1.29, 1.82) is 0 Å². The van der Waals surface area contributed by atoms with Gasteiger partial charge in [-0.2, -0.15) is 0 Å². The van der Waals surface area contributed by atoms with Gasteiger partial charge in [0.15, 0.2) is 4.80 Å². The van der Waals surface area contributed by atoms with Crippen LogP contribution in [-0.2, 0) is 4.79 Å². The summed E-state index contributed by atoms with van der Waals surface area (Å²) in [5, 5.41) is 3.42. The average molecular weight is 486 g/mol. The lowest BCUT2D eigenvalue weighted by molar-refractivity contribution is -0.113. The fourth-order valence-corrected chi connectivity index (χ4v) is 5.31. The van der Waals surface area contributed by atoms with Crippen molar-refractivity contribution in [3.63, 3.8) is 0 Å². The van der Waals surface area contributed by atoms with Crippen molar-refractivity contribution in [3.8, 4) is 0 Å². The first-order chi connectivity index (χ1) is 16.5. The Morgan fingerprint density at radius 2 is 1.65 bits per heavy atom. The fraction of sp³-hybridized carbons (Fsp3) is 0.0741. The van der Waals surface area contributed by atoms with E-state index in [0.29, 0.717) is 36.9 Å². The van der Waals surface area contributed by atoms with E-state index in [1.807, 2.05) is 84.9 Å². The molecule has 1 atom stereocenters. The van der Waals surface area contributed by atoms with E-state index in [0.717, 1.165) is 5.56 Å². The number of halogens is 1. The molecule has 1 unspecified atom stereocenters. The van der Waals surface area contributed by atoms with E-state index in [1.165, 1.54) is 11.3 Å². The maximum absolute atomic E-state index is 13.6. The normalized spacial score (nSPS) is 15.6. The maximum atomic E-state index is 13.6. The molecule has 0 radical (unpaired) electrons. The number of rotatable bonds is 4. The Kier molecular flexibility index (Phi) is 6.01. The van der Waals surface area contributed by atoms with Crippen LogP contribution in [0.25, 0.3) is 6.08 Å². The quantitative estimate of drug-likeness (QED) is 0.461. The minimum absolute atomic E-state index is 0.213. The van der Waals surface area contributed by atoms with Crippen LogP contribution < -0.4 is 20.2 Å². The first-order valence-corrected chi connectivity index (χ1v) is 11.9. The first kappa shape index (κ1) is 22.1. The van der Waals surface area contributed by atoms with E-state index in [1.54, 1.807) is 17.6 Å². The van der Waals surface area contributed by atoms with Gasteiger partial charge >= 0.3 is 0 Å². The summed E-state index contributed by atoms with van der Waals surface area (Å²) >= 11 is 7.89. The predicted molar refractivity (Wildman–Crippen MR) is 137 cm³/mol. The number of nitrogens with one attached hydrogen (secondary N) is 1. The molecular formula is C27H20ClN3O2S. The predicted octanol–water partition coefficient (Wildman–Crippen LogP) is 4.53. The Balaban J connectivity index is 1.70. The molecule has 4 aromatic rings. The summed E-state index contributed by atoms with van der Waals surface area (Å²) in [5.74, 6) is -0.324. The summed E-state index contributed by atoms with van der Waals surface area (Å²) in [6.45, 7) is 1.79. The summed E-state index contributed by atoms with van der Waals surface area (Å²) in [7, 11) is 0. The lowest BCUT2D eigenvalue weighted by Gasteiger charge is -2.26. The molecule has 0 fully saturated rings. The average Bonchev–Trinajstić information content (AvgIpc) is 3.14. The molecule has 1 N–H and O–H groups in total. The minimum atomic E-state index is -0.702. The van der Waals surface area contributed by atoms with E-state index in [-0.39, 0.29) is 11.5 Å². The number of aromatic nitrogens is 1. The molecule has 3 aromatic carbocycles. The Hall–Kier alpha value is -3.74. The van der Waals surface area contributed by atoms with Crippen molar-refractivity contribution in [3.05, 3.63) is 132 Å². The van der Waals surface area contributed by atoms with Gasteiger partial charge in [0.25, 0.3) is 11.5 Å². The highest BCUT2D eigenvalue weighted by molar-refractivity contribution is 7.07. The molecule has 1 amide bonds. The monoisotopic (exact) mass is 485 g/mol. The van der Waals surface area contributed by atoms with Gasteiger partial charge in [-0.25, -0.2) is 4.99 Å². The maximum Gasteiger partial charge on any atom is 0.271 e. The standard InChI is InChI=1S/C27H20ClN3O2S/c1-17-23(25(32)30-19-12-6-3-7-13-19)24(20-14-8-9-15-21(20)28)31-26(33)22(34-27(31)29-17)16-18-10-4-2-5-11-18/h2-16,24H,1H3,(H,30,32)/b22-16+. The summed E-state index contributed by atoms with van der Waals surface area (Å²) < 4.78 is 2.12. The van der Waals surface area contributed by atoms with Crippen LogP contribution in [0.5, 0.6) is 0 Å². The number of fused-ring (bicyclic) bond motifs is 1. The van der Waals surface area contributed by atoms with Crippen LogP contribution >= 0.6 is 22.9 Å². The Morgan fingerprint density at radius 3 is 2.35 bits per heavy atom. The van der Waals surface area contributed by atoms with Crippen LogP contribution in [0.1, 0.15) is 24.1 Å². The van der Waals surface area contributed by atoms with Crippen molar-refractivity contribution in [1.82, 2.24) is 4.57 Å². The van der Waals surface area contributed by atoms with Gasteiger partial charge in [-0.3, -0.25) is 14.2 Å². The third-order valence-electron chi connectivity index (χ3n) is 5.60. The zero-order chi connectivity index (χ0) is 23.7. The van der Waals surface area contributed by atoms with Crippen molar-refractivity contribution in [2.45, 2.75) is 13.0 Å². The fourth-order valence-electron chi connectivity index (χ4n) is 4.02. The number of hydrogen-bond acceptors (Lipinski definition) is 4. The Morgan fingerprint density at radius 1 is 1.00 bits per heavy atom. The van der Waals surface area contributed by atoms with Crippen molar-refractivity contribution in [2.24, 2.45) is 4.99 Å². The number of thiazole rings is 1. The third-order valence-corrected chi connectivity index (χ3v) is 6.92. The van der Waals surface area contributed by atoms with E-state index >= 15 is 0 Å². The molecule has 7 heteroatoms. The number of nitrogens with zero attached hydrogens (tertiary/aromatic N) is 2. The van der Waals surface area contributed by atoms with Crippen LogP contribution in [0.4, 0.5) is 5.69 Å². The van der Waals surface area contributed by atoms with Gasteiger partial charge in [0.1, 0.15) is 0 Å². The van der Waals surface area contributed by atoms with Crippen molar-refractivity contribution >= 4 is 40.6 Å². The number of carbonyl (C=O) groups is 1. The molecule has 0 aliphatic carbocycles. The lowest BCUT2D eigenvalue weighted by Crippen LogP contribution is -2.40. The molecule has 1 aliphatic heterocycles. The number of benzene rings is 3. The SMILES string of the molecule is CC1=C(C(=O)Nc2ccccc2)C(c2ccccc2Cl)n2c(s/c(=C/c3ccccc3)c2=O)=N1. The molecule has 5 nitrogen and oxygen atoms in total. The molecule has 0 bridgehead atoms. The molecule has 2 heterocycles. The minimum Gasteiger partial charge on any atom is -0.322 e.